The lowest BCUT2D eigenvalue weighted by molar-refractivity contribution is -0.141. The van der Waals surface area contributed by atoms with Gasteiger partial charge in [0.2, 0.25) is 0 Å². The fourth-order valence-corrected chi connectivity index (χ4v) is 1.72. The van der Waals surface area contributed by atoms with Crippen LogP contribution in [0.3, 0.4) is 0 Å². The highest BCUT2D eigenvalue weighted by Gasteiger charge is 2.17. The molecule has 5 nitrogen and oxygen atoms in total. The normalized spacial score (nSPS) is 15.4. The van der Waals surface area contributed by atoms with Crippen LogP contribution >= 0.6 is 0 Å². The van der Waals surface area contributed by atoms with Crippen LogP contribution in [0.4, 0.5) is 4.79 Å². The van der Waals surface area contributed by atoms with E-state index in [4.69, 9.17) is 9.47 Å². The number of hydrogen-bond acceptors (Lipinski definition) is 4. The lowest BCUT2D eigenvalue weighted by atomic mass is 10.0. The number of carbonyl (C=O) groups excluding carboxylic acids is 2. The van der Waals surface area contributed by atoms with Gasteiger partial charge in [0, 0.05) is 0 Å². The van der Waals surface area contributed by atoms with Crippen molar-refractivity contribution in [1.82, 2.24) is 5.32 Å². The molecule has 0 atom stereocenters. The van der Waals surface area contributed by atoms with Crippen LogP contribution in [0.25, 0.3) is 0 Å². The zero-order valence-electron chi connectivity index (χ0n) is 12.0. The highest BCUT2D eigenvalue weighted by Crippen LogP contribution is 2.17. The number of nitrogens with one attached hydrogen (secondary N) is 1. The van der Waals surface area contributed by atoms with Gasteiger partial charge in [-0.3, -0.25) is 4.79 Å². The molecule has 1 N–H and O–H groups in total. The molecule has 0 saturated heterocycles. The third-order valence-corrected chi connectivity index (χ3v) is 2.58. The third-order valence-electron chi connectivity index (χ3n) is 2.58. The highest BCUT2D eigenvalue weighted by atomic mass is 16.6. The number of alkyl carbamates (subject to hydrolysis) is 1. The summed E-state index contributed by atoms with van der Waals surface area (Å²) >= 11 is 0. The molecule has 0 aromatic carbocycles. The van der Waals surface area contributed by atoms with Crippen molar-refractivity contribution >= 4 is 12.1 Å². The van der Waals surface area contributed by atoms with Crippen molar-refractivity contribution in [2.45, 2.75) is 52.1 Å². The van der Waals surface area contributed by atoms with Crippen LogP contribution in [0.5, 0.6) is 0 Å². The van der Waals surface area contributed by atoms with Crippen LogP contribution in [-0.4, -0.2) is 30.8 Å². The second kappa shape index (κ2) is 7.16. The first-order chi connectivity index (χ1) is 8.87. The fourth-order valence-electron chi connectivity index (χ4n) is 1.72. The number of hydrogen-bond donors (Lipinski definition) is 1. The first-order valence-electron chi connectivity index (χ1n) is 6.67. The molecular formula is C14H23NO4. The molecule has 0 bridgehead atoms. The zero-order chi connectivity index (χ0) is 14.3. The molecule has 1 rings (SSSR count). The summed E-state index contributed by atoms with van der Waals surface area (Å²) in [6, 6.07) is 0. The summed E-state index contributed by atoms with van der Waals surface area (Å²) in [6.45, 7) is 5.46. The van der Waals surface area contributed by atoms with E-state index in [-0.39, 0.29) is 6.54 Å². The van der Waals surface area contributed by atoms with E-state index in [1.165, 1.54) is 6.42 Å². The monoisotopic (exact) mass is 269 g/mol. The Bertz CT molecular complexity index is 355. The number of allylic oxidation sites excluding steroid dienone is 1. The molecule has 0 saturated carbocycles. The van der Waals surface area contributed by atoms with Crippen molar-refractivity contribution in [2.75, 3.05) is 13.2 Å². The largest absolute Gasteiger partial charge is 0.460 e. The van der Waals surface area contributed by atoms with E-state index < -0.39 is 17.7 Å². The zero-order valence-corrected chi connectivity index (χ0v) is 12.0. The number of amides is 1. The van der Waals surface area contributed by atoms with Gasteiger partial charge >= 0.3 is 12.1 Å². The molecule has 5 heteroatoms. The maximum absolute atomic E-state index is 11.4. The van der Waals surface area contributed by atoms with Gasteiger partial charge in [0.05, 0.1) is 0 Å². The minimum atomic E-state index is -0.610. The molecule has 0 aromatic rings. The predicted octanol–water partition coefficient (Wildman–Crippen LogP) is 2.55. The number of rotatable bonds is 4. The Labute approximate surface area is 114 Å². The third kappa shape index (κ3) is 7.49. The van der Waals surface area contributed by atoms with E-state index in [1.54, 1.807) is 20.8 Å². The van der Waals surface area contributed by atoms with Gasteiger partial charge < -0.3 is 14.8 Å². The Morgan fingerprint density at radius 1 is 1.32 bits per heavy atom. The first kappa shape index (κ1) is 15.5. The van der Waals surface area contributed by atoms with Gasteiger partial charge in [-0.15, -0.1) is 0 Å². The Morgan fingerprint density at radius 2 is 2.05 bits per heavy atom. The summed E-state index contributed by atoms with van der Waals surface area (Å²) < 4.78 is 10.1. The summed E-state index contributed by atoms with van der Waals surface area (Å²) in [4.78, 5) is 22.8. The van der Waals surface area contributed by atoms with E-state index >= 15 is 0 Å². The summed E-state index contributed by atoms with van der Waals surface area (Å²) in [5, 5.41) is 2.37. The van der Waals surface area contributed by atoms with E-state index in [0.717, 1.165) is 24.8 Å². The van der Waals surface area contributed by atoms with Gasteiger partial charge in [0.15, 0.2) is 0 Å². The van der Waals surface area contributed by atoms with Crippen molar-refractivity contribution in [2.24, 2.45) is 0 Å². The molecule has 0 radical (unpaired) electrons. The lowest BCUT2D eigenvalue weighted by Crippen LogP contribution is -2.36. The average molecular weight is 269 g/mol. The molecule has 1 aliphatic rings. The molecule has 108 valence electrons. The van der Waals surface area contributed by atoms with Crippen LogP contribution in [0.15, 0.2) is 11.6 Å². The van der Waals surface area contributed by atoms with E-state index in [2.05, 4.69) is 11.4 Å². The Hall–Kier alpha value is -1.52. The van der Waals surface area contributed by atoms with Gasteiger partial charge in [-0.05, 0) is 52.0 Å². The molecular weight excluding hydrogens is 246 g/mol. The number of esters is 1. The standard InChI is InChI=1S/C14H23NO4/c1-14(2,3)19-13(17)15-9-12(16)18-10-11-7-5-4-6-8-11/h7H,4-6,8-10H2,1-3H3,(H,15,17). The number of carbonyl (C=O) groups is 2. The lowest BCUT2D eigenvalue weighted by Gasteiger charge is -2.19. The topological polar surface area (TPSA) is 64.6 Å². The molecule has 1 amide bonds. The van der Waals surface area contributed by atoms with Crippen LogP contribution in [0.1, 0.15) is 46.5 Å². The van der Waals surface area contributed by atoms with Crippen molar-refractivity contribution in [3.8, 4) is 0 Å². The summed E-state index contributed by atoms with van der Waals surface area (Å²) in [5.74, 6) is -0.447. The van der Waals surface area contributed by atoms with E-state index in [0.29, 0.717) is 6.61 Å². The Morgan fingerprint density at radius 3 is 2.63 bits per heavy atom. The van der Waals surface area contributed by atoms with Crippen molar-refractivity contribution in [3.05, 3.63) is 11.6 Å². The first-order valence-corrected chi connectivity index (χ1v) is 6.67. The highest BCUT2D eigenvalue weighted by molar-refractivity contribution is 5.78. The van der Waals surface area contributed by atoms with Gasteiger partial charge in [-0.25, -0.2) is 4.79 Å². The van der Waals surface area contributed by atoms with E-state index in [9.17, 15) is 9.59 Å². The smallest absolute Gasteiger partial charge is 0.408 e. The minimum Gasteiger partial charge on any atom is -0.460 e. The van der Waals surface area contributed by atoms with Crippen molar-refractivity contribution in [3.63, 3.8) is 0 Å². The van der Waals surface area contributed by atoms with Crippen molar-refractivity contribution in [1.29, 1.82) is 0 Å². The predicted molar refractivity (Wildman–Crippen MR) is 71.7 cm³/mol. The minimum absolute atomic E-state index is 0.164. The maximum atomic E-state index is 11.4. The fraction of sp³-hybridized carbons (Fsp3) is 0.714. The van der Waals surface area contributed by atoms with Crippen LogP contribution in [0, 0.1) is 0 Å². The summed E-state index contributed by atoms with van der Waals surface area (Å²) in [7, 11) is 0. The summed E-state index contributed by atoms with van der Waals surface area (Å²) in [5.41, 5.74) is 0.595. The Balaban J connectivity index is 2.17. The summed E-state index contributed by atoms with van der Waals surface area (Å²) in [6.07, 6.45) is 5.92. The molecule has 0 aromatic heterocycles. The van der Waals surface area contributed by atoms with Crippen LogP contribution in [-0.2, 0) is 14.3 Å². The maximum Gasteiger partial charge on any atom is 0.408 e. The van der Waals surface area contributed by atoms with Gasteiger partial charge in [-0.2, -0.15) is 0 Å². The SMILES string of the molecule is CC(C)(C)OC(=O)NCC(=O)OCC1=CCCCC1. The number of ether oxygens (including phenoxy) is 2. The van der Waals surface area contributed by atoms with Gasteiger partial charge in [0.25, 0.3) is 0 Å². The Kier molecular flexibility index (Phi) is 5.86. The van der Waals surface area contributed by atoms with Crippen LogP contribution in [0.2, 0.25) is 0 Å². The molecule has 19 heavy (non-hydrogen) atoms. The van der Waals surface area contributed by atoms with Gasteiger partial charge in [0.1, 0.15) is 18.8 Å². The second-order valence-electron chi connectivity index (χ2n) is 5.62. The molecule has 0 aliphatic heterocycles. The molecule has 0 unspecified atom stereocenters. The van der Waals surface area contributed by atoms with Crippen molar-refractivity contribution < 1.29 is 19.1 Å². The average Bonchev–Trinajstić information content (AvgIpc) is 2.33. The molecule has 0 heterocycles. The molecule has 1 aliphatic carbocycles. The van der Waals surface area contributed by atoms with E-state index in [1.807, 2.05) is 0 Å². The molecule has 0 spiro atoms. The van der Waals surface area contributed by atoms with Crippen LogP contribution < -0.4 is 5.32 Å². The quantitative estimate of drug-likeness (QED) is 0.629. The second-order valence-corrected chi connectivity index (χ2v) is 5.62. The molecule has 0 fully saturated rings. The van der Waals surface area contributed by atoms with Gasteiger partial charge in [-0.1, -0.05) is 6.08 Å².